The molecule has 132 valence electrons. The average molecular weight is 351 g/mol. The number of esters is 1. The van der Waals surface area contributed by atoms with E-state index in [0.717, 1.165) is 5.56 Å². The number of methoxy groups -OCH3 is 2. The highest BCUT2D eigenvalue weighted by molar-refractivity contribution is 6.03. The van der Waals surface area contributed by atoms with Crippen molar-refractivity contribution < 1.29 is 19.1 Å². The second kappa shape index (κ2) is 7.18. The second-order valence-corrected chi connectivity index (χ2v) is 5.54. The van der Waals surface area contributed by atoms with Gasteiger partial charge in [-0.2, -0.15) is 5.10 Å². The number of ketones is 1. The molecule has 0 amide bonds. The number of H-pyrrole nitrogens is 1. The first-order valence-corrected chi connectivity index (χ1v) is 7.83. The van der Waals surface area contributed by atoms with Crippen LogP contribution in [0.5, 0.6) is 5.75 Å². The fourth-order valence-electron chi connectivity index (χ4n) is 2.60. The number of nitrogens with one attached hydrogen (secondary N) is 1. The van der Waals surface area contributed by atoms with E-state index in [2.05, 4.69) is 15.2 Å². The molecule has 0 saturated carbocycles. The van der Waals surface area contributed by atoms with Gasteiger partial charge in [0, 0.05) is 13.1 Å². The minimum absolute atomic E-state index is 0.0832. The smallest absolute Gasteiger partial charge is 0.341 e. The maximum atomic E-state index is 11.9. The van der Waals surface area contributed by atoms with Gasteiger partial charge in [0.2, 0.25) is 0 Å². The van der Waals surface area contributed by atoms with Crippen LogP contribution in [0.2, 0.25) is 0 Å². The summed E-state index contributed by atoms with van der Waals surface area (Å²) in [5, 5.41) is 7.84. The molecule has 0 aliphatic carbocycles. The molecule has 0 aliphatic heterocycles. The van der Waals surface area contributed by atoms with Gasteiger partial charge in [0.25, 0.3) is 0 Å². The number of benzene rings is 1. The number of Topliss-reactive ketones (excluding diaryl/α,β-unsaturated/α-hetero) is 1. The number of aromatic amines is 1. The largest absolute Gasteiger partial charge is 0.495 e. The van der Waals surface area contributed by atoms with E-state index < -0.39 is 5.97 Å². The molecular formula is C19H17N3O4. The fourth-order valence-corrected chi connectivity index (χ4v) is 2.60. The third-order valence-electron chi connectivity index (χ3n) is 3.90. The van der Waals surface area contributed by atoms with E-state index in [1.54, 1.807) is 30.5 Å². The molecule has 3 rings (SSSR count). The number of carbonyl (C=O) groups is 2. The number of carbonyl (C=O) groups excluding carboxylic acids is 2. The molecule has 26 heavy (non-hydrogen) atoms. The van der Waals surface area contributed by atoms with E-state index in [-0.39, 0.29) is 5.78 Å². The van der Waals surface area contributed by atoms with Gasteiger partial charge in [0.15, 0.2) is 5.78 Å². The summed E-state index contributed by atoms with van der Waals surface area (Å²) >= 11 is 0. The Hall–Kier alpha value is -3.48. The summed E-state index contributed by atoms with van der Waals surface area (Å²) in [5.74, 6) is -0.170. The summed E-state index contributed by atoms with van der Waals surface area (Å²) in [6.07, 6.45) is 5.25. The van der Waals surface area contributed by atoms with E-state index >= 15 is 0 Å². The van der Waals surface area contributed by atoms with E-state index in [4.69, 9.17) is 9.47 Å². The van der Waals surface area contributed by atoms with Crippen molar-refractivity contribution in [1.82, 2.24) is 15.2 Å². The van der Waals surface area contributed by atoms with Crippen molar-refractivity contribution in [2.24, 2.45) is 0 Å². The molecule has 2 heterocycles. The highest BCUT2D eigenvalue weighted by atomic mass is 16.5. The number of nitrogens with zero attached hydrogens (tertiary/aromatic N) is 2. The van der Waals surface area contributed by atoms with Crippen molar-refractivity contribution >= 4 is 34.8 Å². The van der Waals surface area contributed by atoms with E-state index in [1.165, 1.54) is 21.1 Å². The van der Waals surface area contributed by atoms with E-state index in [9.17, 15) is 9.59 Å². The number of hydrogen-bond acceptors (Lipinski definition) is 6. The van der Waals surface area contributed by atoms with Crippen LogP contribution in [-0.2, 0) is 4.74 Å². The fraction of sp³-hybridized carbons (Fsp3) is 0.158. The molecule has 2 aromatic heterocycles. The summed E-state index contributed by atoms with van der Waals surface area (Å²) < 4.78 is 10.2. The Morgan fingerprint density at radius 2 is 1.92 bits per heavy atom. The van der Waals surface area contributed by atoms with Gasteiger partial charge in [0.1, 0.15) is 17.0 Å². The first-order valence-electron chi connectivity index (χ1n) is 7.83. The van der Waals surface area contributed by atoms with Crippen LogP contribution in [0.3, 0.4) is 0 Å². The van der Waals surface area contributed by atoms with Crippen LogP contribution in [-0.4, -0.2) is 41.2 Å². The van der Waals surface area contributed by atoms with Crippen LogP contribution >= 0.6 is 0 Å². The molecule has 0 bridgehead atoms. The van der Waals surface area contributed by atoms with Gasteiger partial charge in [-0.25, -0.2) is 4.79 Å². The number of aromatic nitrogens is 3. The molecule has 0 radical (unpaired) electrons. The average Bonchev–Trinajstić information content (AvgIpc) is 3.08. The third kappa shape index (κ3) is 3.19. The lowest BCUT2D eigenvalue weighted by Crippen LogP contribution is -2.04. The summed E-state index contributed by atoms with van der Waals surface area (Å²) in [6.45, 7) is 1.47. The summed E-state index contributed by atoms with van der Waals surface area (Å²) in [7, 11) is 2.81. The molecule has 1 aromatic carbocycles. The standard InChI is InChI=1S/C19H17N3O4/c1-11(23)14-7-4-12(10-20-14)5-8-15-17-16(22-21-15)9-6-13(18(17)25-2)19(24)26-3/h4-10H,1-3H3,(H,21,22)/b8-5+. The molecule has 0 unspecified atom stereocenters. The Morgan fingerprint density at radius 1 is 1.12 bits per heavy atom. The maximum Gasteiger partial charge on any atom is 0.341 e. The SMILES string of the molecule is COC(=O)c1ccc2n[nH]c(/C=C/c3ccc(C(C)=O)nc3)c2c1OC. The zero-order valence-corrected chi connectivity index (χ0v) is 14.6. The quantitative estimate of drug-likeness (QED) is 0.561. The Kier molecular flexibility index (Phi) is 4.79. The van der Waals surface area contributed by atoms with Crippen molar-refractivity contribution in [1.29, 1.82) is 0 Å². The van der Waals surface area contributed by atoms with Gasteiger partial charge in [0.05, 0.1) is 30.8 Å². The van der Waals surface area contributed by atoms with Gasteiger partial charge >= 0.3 is 5.97 Å². The lowest BCUT2D eigenvalue weighted by atomic mass is 10.1. The van der Waals surface area contributed by atoms with Crippen molar-refractivity contribution in [3.8, 4) is 5.75 Å². The van der Waals surface area contributed by atoms with Gasteiger partial charge in [-0.05, 0) is 29.8 Å². The van der Waals surface area contributed by atoms with E-state index in [1.807, 2.05) is 12.2 Å². The number of fused-ring (bicyclic) bond motifs is 1. The van der Waals surface area contributed by atoms with Crippen LogP contribution in [0.4, 0.5) is 0 Å². The monoisotopic (exact) mass is 351 g/mol. The van der Waals surface area contributed by atoms with Crippen molar-refractivity contribution in [3.63, 3.8) is 0 Å². The van der Waals surface area contributed by atoms with Gasteiger partial charge < -0.3 is 9.47 Å². The lowest BCUT2D eigenvalue weighted by Gasteiger charge is -2.08. The van der Waals surface area contributed by atoms with Crippen LogP contribution in [0, 0.1) is 0 Å². The predicted molar refractivity (Wildman–Crippen MR) is 97.2 cm³/mol. The zero-order chi connectivity index (χ0) is 18.7. The predicted octanol–water partition coefficient (Wildman–Crippen LogP) is 3.13. The molecule has 7 heteroatoms. The lowest BCUT2D eigenvalue weighted by molar-refractivity contribution is 0.0597. The van der Waals surface area contributed by atoms with Gasteiger partial charge in [-0.1, -0.05) is 12.1 Å². The highest BCUT2D eigenvalue weighted by Crippen LogP contribution is 2.32. The number of hydrogen-bond donors (Lipinski definition) is 1. The Labute approximate surface area is 149 Å². The first kappa shape index (κ1) is 17.3. The molecule has 7 nitrogen and oxygen atoms in total. The summed E-state index contributed by atoms with van der Waals surface area (Å²) in [4.78, 5) is 27.3. The third-order valence-corrected chi connectivity index (χ3v) is 3.90. The van der Waals surface area contributed by atoms with Crippen molar-refractivity contribution in [3.05, 3.63) is 53.0 Å². The molecule has 0 fully saturated rings. The zero-order valence-electron chi connectivity index (χ0n) is 14.6. The molecule has 3 aromatic rings. The van der Waals surface area contributed by atoms with E-state index in [0.29, 0.717) is 33.6 Å². The second-order valence-electron chi connectivity index (χ2n) is 5.54. The van der Waals surface area contributed by atoms with Gasteiger partial charge in [-0.3, -0.25) is 14.9 Å². The molecule has 0 saturated heterocycles. The Bertz CT molecular complexity index is 1000. The highest BCUT2D eigenvalue weighted by Gasteiger charge is 2.19. The van der Waals surface area contributed by atoms with Crippen molar-refractivity contribution in [2.45, 2.75) is 6.92 Å². The Morgan fingerprint density at radius 3 is 2.54 bits per heavy atom. The molecular weight excluding hydrogens is 334 g/mol. The van der Waals surface area contributed by atoms with Crippen LogP contribution < -0.4 is 4.74 Å². The molecule has 0 spiro atoms. The maximum absolute atomic E-state index is 11.9. The normalized spacial score (nSPS) is 11.0. The molecule has 0 atom stereocenters. The Balaban J connectivity index is 2.02. The van der Waals surface area contributed by atoms with Crippen LogP contribution in [0.1, 0.15) is 39.0 Å². The molecule has 0 aliphatic rings. The molecule has 1 N–H and O–H groups in total. The van der Waals surface area contributed by atoms with Gasteiger partial charge in [-0.15, -0.1) is 0 Å². The van der Waals surface area contributed by atoms with Crippen molar-refractivity contribution in [2.75, 3.05) is 14.2 Å². The van der Waals surface area contributed by atoms with Crippen LogP contribution in [0.25, 0.3) is 23.1 Å². The number of pyridine rings is 1. The summed E-state index contributed by atoms with van der Waals surface area (Å²) in [6, 6.07) is 6.81. The number of rotatable bonds is 5. The first-order chi connectivity index (χ1) is 12.5. The number of ether oxygens (including phenoxy) is 2. The minimum atomic E-state index is -0.482. The topological polar surface area (TPSA) is 94.2 Å². The minimum Gasteiger partial charge on any atom is -0.495 e. The van der Waals surface area contributed by atoms with Crippen LogP contribution in [0.15, 0.2) is 30.5 Å². The summed E-state index contributed by atoms with van der Waals surface area (Å²) in [5.41, 5.74) is 2.91.